The van der Waals surface area contributed by atoms with Crippen LogP contribution in [0.3, 0.4) is 0 Å². The largest absolute Gasteiger partial charge is 0.495 e. The normalized spacial score (nSPS) is 15.3. The van der Waals surface area contributed by atoms with Crippen LogP contribution < -0.4 is 9.64 Å². The predicted molar refractivity (Wildman–Crippen MR) is 116 cm³/mol. The maximum Gasteiger partial charge on any atom is 0.246 e. The topological polar surface area (TPSA) is 67.7 Å². The smallest absolute Gasteiger partial charge is 0.246 e. The van der Waals surface area contributed by atoms with Crippen LogP contribution in [0.25, 0.3) is 0 Å². The number of nitrogens with zero attached hydrogens (tertiary/aromatic N) is 4. The third-order valence-electron chi connectivity index (χ3n) is 5.37. The summed E-state index contributed by atoms with van der Waals surface area (Å²) >= 11 is 0. The minimum Gasteiger partial charge on any atom is -0.495 e. The van der Waals surface area contributed by atoms with Gasteiger partial charge in [-0.25, -0.2) is 8.42 Å². The van der Waals surface area contributed by atoms with Crippen molar-refractivity contribution in [2.75, 3.05) is 38.2 Å². The van der Waals surface area contributed by atoms with Crippen molar-refractivity contribution in [3.05, 3.63) is 72.1 Å². The molecule has 0 atom stereocenters. The van der Waals surface area contributed by atoms with Gasteiger partial charge >= 0.3 is 0 Å². The van der Waals surface area contributed by atoms with Gasteiger partial charge in [-0.1, -0.05) is 42.5 Å². The lowest BCUT2D eigenvalue weighted by Crippen LogP contribution is -2.48. The first-order chi connectivity index (χ1) is 14.5. The number of benzene rings is 2. The van der Waals surface area contributed by atoms with Gasteiger partial charge in [-0.15, -0.1) is 0 Å². The fourth-order valence-corrected chi connectivity index (χ4v) is 5.39. The Kier molecular flexibility index (Phi) is 5.78. The number of ether oxygens (including phenoxy) is 1. The molecule has 3 aromatic rings. The van der Waals surface area contributed by atoms with E-state index in [4.69, 9.17) is 4.74 Å². The zero-order valence-corrected chi connectivity index (χ0v) is 18.0. The fourth-order valence-electron chi connectivity index (χ4n) is 3.80. The number of para-hydroxylation sites is 2. The summed E-state index contributed by atoms with van der Waals surface area (Å²) in [6.45, 7) is 4.35. The van der Waals surface area contributed by atoms with Crippen LogP contribution in [-0.2, 0) is 16.6 Å². The Labute approximate surface area is 177 Å². The summed E-state index contributed by atoms with van der Waals surface area (Å²) in [5, 5.41) is 4.44. The first kappa shape index (κ1) is 20.4. The van der Waals surface area contributed by atoms with Crippen molar-refractivity contribution in [2.45, 2.75) is 18.4 Å². The van der Waals surface area contributed by atoms with Crippen molar-refractivity contribution in [2.24, 2.45) is 0 Å². The summed E-state index contributed by atoms with van der Waals surface area (Å²) < 4.78 is 35.2. The molecule has 0 saturated carbocycles. The Bertz CT molecular complexity index is 1100. The van der Waals surface area contributed by atoms with Gasteiger partial charge in [0.05, 0.1) is 25.0 Å². The summed E-state index contributed by atoms with van der Waals surface area (Å²) in [5.74, 6) is 0.798. The summed E-state index contributed by atoms with van der Waals surface area (Å²) in [7, 11) is -1.95. The van der Waals surface area contributed by atoms with Crippen LogP contribution in [0.15, 0.2) is 65.7 Å². The Morgan fingerprint density at radius 1 is 0.967 bits per heavy atom. The molecule has 2 heterocycles. The summed E-state index contributed by atoms with van der Waals surface area (Å²) in [4.78, 5) is 2.44. The summed E-state index contributed by atoms with van der Waals surface area (Å²) in [5.41, 5.74) is 2.59. The van der Waals surface area contributed by atoms with Crippen LogP contribution in [0.2, 0.25) is 0 Å². The Hall–Kier alpha value is -2.84. The lowest BCUT2D eigenvalue weighted by atomic mass is 10.2. The van der Waals surface area contributed by atoms with E-state index >= 15 is 0 Å². The number of hydrogen-bond acceptors (Lipinski definition) is 5. The zero-order chi connectivity index (χ0) is 21.1. The maximum absolute atomic E-state index is 13.3. The van der Waals surface area contributed by atoms with Crippen LogP contribution in [0.1, 0.15) is 11.3 Å². The summed E-state index contributed by atoms with van der Waals surface area (Å²) in [6, 6.07) is 17.7. The number of rotatable bonds is 6. The van der Waals surface area contributed by atoms with Gasteiger partial charge in [-0.3, -0.25) is 4.68 Å². The van der Waals surface area contributed by atoms with Gasteiger partial charge in [0.2, 0.25) is 10.0 Å². The monoisotopic (exact) mass is 426 g/mol. The SMILES string of the molecule is COc1ccccc1N1CCN(S(=O)(=O)c2cn(Cc3ccccc3)nc2C)CC1. The second-order valence-corrected chi connectivity index (χ2v) is 9.23. The Balaban J connectivity index is 1.48. The number of piperazine rings is 1. The second-order valence-electron chi connectivity index (χ2n) is 7.32. The van der Waals surface area contributed by atoms with E-state index in [-0.39, 0.29) is 4.90 Å². The minimum atomic E-state index is -3.59. The highest BCUT2D eigenvalue weighted by molar-refractivity contribution is 7.89. The van der Waals surface area contributed by atoms with E-state index in [1.165, 1.54) is 0 Å². The van der Waals surface area contributed by atoms with Gasteiger partial charge in [0, 0.05) is 32.4 Å². The number of anilines is 1. The molecule has 0 radical (unpaired) electrons. The van der Waals surface area contributed by atoms with E-state index in [0.717, 1.165) is 17.0 Å². The molecule has 1 aliphatic heterocycles. The lowest BCUT2D eigenvalue weighted by Gasteiger charge is -2.35. The highest BCUT2D eigenvalue weighted by atomic mass is 32.2. The minimum absolute atomic E-state index is 0.282. The van der Waals surface area contributed by atoms with E-state index < -0.39 is 10.0 Å². The highest BCUT2D eigenvalue weighted by Crippen LogP contribution is 2.29. The molecule has 0 spiro atoms. The second kappa shape index (κ2) is 8.49. The molecule has 0 unspecified atom stereocenters. The molecule has 7 nitrogen and oxygen atoms in total. The van der Waals surface area contributed by atoms with Crippen molar-refractivity contribution >= 4 is 15.7 Å². The van der Waals surface area contributed by atoms with Crippen LogP contribution in [-0.4, -0.2) is 55.8 Å². The Morgan fingerprint density at radius 3 is 2.33 bits per heavy atom. The average Bonchev–Trinajstić information content (AvgIpc) is 3.15. The molecule has 158 valence electrons. The molecule has 8 heteroatoms. The van der Waals surface area contributed by atoms with Crippen molar-refractivity contribution < 1.29 is 13.2 Å². The molecule has 1 saturated heterocycles. The van der Waals surface area contributed by atoms with Gasteiger partial charge in [-0.05, 0) is 24.6 Å². The van der Waals surface area contributed by atoms with E-state index in [1.54, 1.807) is 29.2 Å². The van der Waals surface area contributed by atoms with Gasteiger partial charge in [0.1, 0.15) is 10.6 Å². The van der Waals surface area contributed by atoms with E-state index in [9.17, 15) is 8.42 Å². The molecule has 0 aliphatic carbocycles. The lowest BCUT2D eigenvalue weighted by molar-refractivity contribution is 0.378. The third-order valence-corrected chi connectivity index (χ3v) is 7.37. The Morgan fingerprint density at radius 2 is 1.63 bits per heavy atom. The molecule has 1 fully saturated rings. The number of aryl methyl sites for hydroxylation is 1. The number of methoxy groups -OCH3 is 1. The zero-order valence-electron chi connectivity index (χ0n) is 17.2. The molecule has 30 heavy (non-hydrogen) atoms. The van der Waals surface area contributed by atoms with Crippen LogP contribution in [0.4, 0.5) is 5.69 Å². The van der Waals surface area contributed by atoms with Gasteiger partial charge in [-0.2, -0.15) is 9.40 Å². The van der Waals surface area contributed by atoms with Crippen LogP contribution in [0, 0.1) is 6.92 Å². The predicted octanol–water partition coefficient (Wildman–Crippen LogP) is 2.76. The van der Waals surface area contributed by atoms with Crippen molar-refractivity contribution in [3.63, 3.8) is 0 Å². The third kappa shape index (κ3) is 4.06. The van der Waals surface area contributed by atoms with E-state index in [2.05, 4.69) is 10.00 Å². The number of sulfonamides is 1. The molecule has 1 aromatic heterocycles. The maximum atomic E-state index is 13.3. The van der Waals surface area contributed by atoms with Crippen molar-refractivity contribution in [1.29, 1.82) is 0 Å². The van der Waals surface area contributed by atoms with Gasteiger partial charge < -0.3 is 9.64 Å². The average molecular weight is 427 g/mol. The van der Waals surface area contributed by atoms with E-state index in [1.807, 2.05) is 54.6 Å². The van der Waals surface area contributed by atoms with Crippen molar-refractivity contribution in [1.82, 2.24) is 14.1 Å². The number of aromatic nitrogens is 2. The molecule has 1 aliphatic rings. The first-order valence-electron chi connectivity index (χ1n) is 9.95. The van der Waals surface area contributed by atoms with Crippen molar-refractivity contribution in [3.8, 4) is 5.75 Å². The van der Waals surface area contributed by atoms with Crippen LogP contribution >= 0.6 is 0 Å². The molecule has 0 bridgehead atoms. The molecule has 0 N–H and O–H groups in total. The molecule has 2 aromatic carbocycles. The van der Waals surface area contributed by atoms with Crippen LogP contribution in [0.5, 0.6) is 5.75 Å². The molecule has 0 amide bonds. The number of hydrogen-bond donors (Lipinski definition) is 0. The van der Waals surface area contributed by atoms with E-state index in [0.29, 0.717) is 38.4 Å². The standard InChI is InChI=1S/C22H26N4O3S/c1-18-22(17-25(23-18)16-19-8-4-3-5-9-19)30(27,28)26-14-12-24(13-15-26)20-10-6-7-11-21(20)29-2/h3-11,17H,12-16H2,1-2H3. The molecular formula is C22H26N4O3S. The molecule has 4 rings (SSSR count). The first-order valence-corrected chi connectivity index (χ1v) is 11.4. The quantitative estimate of drug-likeness (QED) is 0.606. The summed E-state index contributed by atoms with van der Waals surface area (Å²) in [6.07, 6.45) is 1.64. The molecular weight excluding hydrogens is 400 g/mol. The fraction of sp³-hybridized carbons (Fsp3) is 0.318. The van der Waals surface area contributed by atoms with Gasteiger partial charge in [0.25, 0.3) is 0 Å². The van der Waals surface area contributed by atoms with Gasteiger partial charge in [0.15, 0.2) is 0 Å². The highest BCUT2D eigenvalue weighted by Gasteiger charge is 2.31.